The third kappa shape index (κ3) is 3.63. The highest BCUT2D eigenvalue weighted by Crippen LogP contribution is 2.27. The molecule has 0 aliphatic carbocycles. The number of hydrogen-bond acceptors (Lipinski definition) is 6. The van der Waals surface area contributed by atoms with Crippen molar-refractivity contribution in [2.45, 2.75) is 13.8 Å². The van der Waals surface area contributed by atoms with E-state index in [1.54, 1.807) is 18.2 Å². The number of benzene rings is 1. The molecule has 2 aromatic rings. The third-order valence-electron chi connectivity index (χ3n) is 3.84. The van der Waals surface area contributed by atoms with Crippen molar-refractivity contribution in [1.82, 2.24) is 0 Å². The van der Waals surface area contributed by atoms with Gasteiger partial charge >= 0.3 is 0 Å². The number of nitriles is 3. The van der Waals surface area contributed by atoms with Crippen molar-refractivity contribution in [3.63, 3.8) is 0 Å². The van der Waals surface area contributed by atoms with Crippen molar-refractivity contribution in [1.29, 1.82) is 15.8 Å². The monoisotopic (exact) mass is 331 g/mol. The molecule has 0 atom stereocenters. The number of allylic oxidation sites excluding steroid dienone is 2. The Labute approximate surface area is 146 Å². The lowest BCUT2D eigenvalue weighted by Gasteiger charge is -2.20. The normalized spacial score (nSPS) is 10.6. The summed E-state index contributed by atoms with van der Waals surface area (Å²) in [7, 11) is 0. The molecule has 2 rings (SSSR count). The van der Waals surface area contributed by atoms with E-state index in [0.717, 1.165) is 24.2 Å². The Balaban J connectivity index is 2.49. The quantitative estimate of drug-likeness (QED) is 0.663. The summed E-state index contributed by atoms with van der Waals surface area (Å²) in [5.41, 5.74) is 7.04. The van der Waals surface area contributed by atoms with Crippen molar-refractivity contribution in [3.8, 4) is 18.2 Å². The molecule has 1 aromatic carbocycles. The van der Waals surface area contributed by atoms with Crippen LogP contribution in [-0.4, -0.2) is 13.1 Å². The largest absolute Gasteiger partial charge is 0.457 e. The van der Waals surface area contributed by atoms with Gasteiger partial charge < -0.3 is 15.1 Å². The van der Waals surface area contributed by atoms with Crippen LogP contribution in [-0.2, 0) is 0 Å². The molecule has 6 heteroatoms. The van der Waals surface area contributed by atoms with Crippen LogP contribution >= 0.6 is 0 Å². The highest BCUT2D eigenvalue weighted by atomic mass is 16.3. The fourth-order valence-corrected chi connectivity index (χ4v) is 2.49. The topological polar surface area (TPSA) is 114 Å². The maximum atomic E-state index is 9.25. The maximum Gasteiger partial charge on any atom is 0.153 e. The van der Waals surface area contributed by atoms with E-state index in [-0.39, 0.29) is 16.8 Å². The van der Waals surface area contributed by atoms with Gasteiger partial charge in [-0.3, -0.25) is 0 Å². The molecule has 0 spiro atoms. The number of anilines is 1. The molecule has 0 radical (unpaired) electrons. The van der Waals surface area contributed by atoms with Crippen molar-refractivity contribution >= 4 is 22.7 Å². The minimum absolute atomic E-state index is 0.0149. The Morgan fingerprint density at radius 1 is 1.12 bits per heavy atom. The first-order chi connectivity index (χ1) is 12.1. The van der Waals surface area contributed by atoms with Gasteiger partial charge in [0.15, 0.2) is 5.57 Å². The molecule has 1 heterocycles. The van der Waals surface area contributed by atoms with E-state index < -0.39 is 0 Å². The molecular weight excluding hydrogens is 314 g/mol. The van der Waals surface area contributed by atoms with Gasteiger partial charge in [-0.05, 0) is 32.0 Å². The zero-order chi connectivity index (χ0) is 18.4. The van der Waals surface area contributed by atoms with Crippen molar-refractivity contribution in [2.75, 3.05) is 18.0 Å². The van der Waals surface area contributed by atoms with E-state index in [9.17, 15) is 5.26 Å². The Morgan fingerprint density at radius 3 is 2.36 bits per heavy atom. The van der Waals surface area contributed by atoms with Crippen LogP contribution in [0.2, 0.25) is 0 Å². The summed E-state index contributed by atoms with van der Waals surface area (Å²) in [6.07, 6.45) is 1.43. The van der Waals surface area contributed by atoms with Crippen LogP contribution < -0.4 is 10.6 Å². The lowest BCUT2D eigenvalue weighted by molar-refractivity contribution is 0.604. The maximum absolute atomic E-state index is 9.25. The molecule has 0 fully saturated rings. The molecule has 25 heavy (non-hydrogen) atoms. The SMILES string of the molecule is CCN(CC)c1ccc2cc(/C=C(\C#N)C(N)=C(C#N)C#N)oc2c1. The zero-order valence-electron chi connectivity index (χ0n) is 14.1. The second kappa shape index (κ2) is 7.73. The Kier molecular flexibility index (Phi) is 5.46. The summed E-state index contributed by atoms with van der Waals surface area (Å²) in [4.78, 5) is 2.20. The van der Waals surface area contributed by atoms with Gasteiger partial charge in [0, 0.05) is 36.3 Å². The lowest BCUT2D eigenvalue weighted by Crippen LogP contribution is -2.21. The van der Waals surface area contributed by atoms with Crippen LogP contribution in [0.1, 0.15) is 19.6 Å². The summed E-state index contributed by atoms with van der Waals surface area (Å²) >= 11 is 0. The van der Waals surface area contributed by atoms with Gasteiger partial charge in [-0.15, -0.1) is 0 Å². The molecule has 124 valence electrons. The number of rotatable bonds is 5. The molecule has 0 aliphatic rings. The predicted molar refractivity (Wildman–Crippen MR) is 95.8 cm³/mol. The minimum atomic E-state index is -0.298. The Bertz CT molecular complexity index is 956. The average molecular weight is 331 g/mol. The number of fused-ring (bicyclic) bond motifs is 1. The summed E-state index contributed by atoms with van der Waals surface area (Å²) in [5, 5.41) is 27.9. The first kappa shape index (κ1) is 17.7. The molecule has 0 saturated heterocycles. The molecule has 0 bridgehead atoms. The van der Waals surface area contributed by atoms with Crippen LogP contribution in [0.4, 0.5) is 5.69 Å². The molecule has 6 nitrogen and oxygen atoms in total. The molecule has 0 aliphatic heterocycles. The summed E-state index contributed by atoms with van der Waals surface area (Å²) in [6.45, 7) is 5.95. The van der Waals surface area contributed by atoms with Gasteiger partial charge in [-0.1, -0.05) is 0 Å². The van der Waals surface area contributed by atoms with Crippen molar-refractivity contribution < 1.29 is 4.42 Å². The van der Waals surface area contributed by atoms with E-state index >= 15 is 0 Å². The molecule has 0 unspecified atom stereocenters. The van der Waals surface area contributed by atoms with Crippen LogP contribution in [0.25, 0.3) is 17.0 Å². The van der Waals surface area contributed by atoms with E-state index in [2.05, 4.69) is 18.7 Å². The zero-order valence-corrected chi connectivity index (χ0v) is 14.1. The van der Waals surface area contributed by atoms with Crippen LogP contribution in [0.5, 0.6) is 0 Å². The van der Waals surface area contributed by atoms with Crippen molar-refractivity contribution in [2.24, 2.45) is 5.73 Å². The van der Waals surface area contributed by atoms with Gasteiger partial charge in [0.25, 0.3) is 0 Å². The predicted octanol–water partition coefficient (Wildman–Crippen LogP) is 3.45. The summed E-state index contributed by atoms with van der Waals surface area (Å²) in [6, 6.07) is 12.9. The molecule has 2 N–H and O–H groups in total. The number of furan rings is 1. The highest BCUT2D eigenvalue weighted by molar-refractivity contribution is 5.84. The molecular formula is C19H17N5O. The standard InChI is InChI=1S/C19H17N5O/c1-3-24(4-2)16-6-5-13-7-17(25-18(13)9-16)8-14(10-20)19(23)15(11-21)12-22/h5-9H,3-4,23H2,1-2H3/b14-8+. The lowest BCUT2D eigenvalue weighted by atomic mass is 10.1. The van der Waals surface area contributed by atoms with Gasteiger partial charge in [0.1, 0.15) is 29.6 Å². The van der Waals surface area contributed by atoms with E-state index in [1.807, 2.05) is 24.3 Å². The van der Waals surface area contributed by atoms with E-state index in [0.29, 0.717) is 11.3 Å². The fourth-order valence-electron chi connectivity index (χ4n) is 2.49. The molecule has 0 saturated carbocycles. The smallest absolute Gasteiger partial charge is 0.153 e. The van der Waals surface area contributed by atoms with Crippen LogP contribution in [0, 0.1) is 34.0 Å². The highest BCUT2D eigenvalue weighted by Gasteiger charge is 2.11. The van der Waals surface area contributed by atoms with Crippen molar-refractivity contribution in [3.05, 3.63) is 46.9 Å². The van der Waals surface area contributed by atoms with E-state index in [4.69, 9.17) is 20.7 Å². The van der Waals surface area contributed by atoms with Gasteiger partial charge in [-0.2, -0.15) is 15.8 Å². The number of hydrogen-bond donors (Lipinski definition) is 1. The number of nitrogens with zero attached hydrogens (tertiary/aromatic N) is 4. The third-order valence-corrected chi connectivity index (χ3v) is 3.84. The Hall–Kier alpha value is -3.69. The average Bonchev–Trinajstić information content (AvgIpc) is 3.03. The first-order valence-electron chi connectivity index (χ1n) is 7.78. The second-order valence-electron chi connectivity index (χ2n) is 5.23. The van der Waals surface area contributed by atoms with Crippen LogP contribution in [0.15, 0.2) is 45.5 Å². The van der Waals surface area contributed by atoms with E-state index in [1.165, 1.54) is 6.08 Å². The second-order valence-corrected chi connectivity index (χ2v) is 5.23. The van der Waals surface area contributed by atoms with Gasteiger partial charge in [-0.25, -0.2) is 0 Å². The van der Waals surface area contributed by atoms with Crippen LogP contribution in [0.3, 0.4) is 0 Å². The van der Waals surface area contributed by atoms with Gasteiger partial charge in [0.05, 0.1) is 11.3 Å². The molecule has 0 amide bonds. The summed E-state index contributed by atoms with van der Waals surface area (Å²) in [5.74, 6) is 0.432. The fraction of sp³-hybridized carbons (Fsp3) is 0.211. The minimum Gasteiger partial charge on any atom is -0.457 e. The Morgan fingerprint density at radius 2 is 1.80 bits per heavy atom. The summed E-state index contributed by atoms with van der Waals surface area (Å²) < 4.78 is 5.78. The molecule has 1 aromatic heterocycles. The first-order valence-corrected chi connectivity index (χ1v) is 7.78. The number of nitrogens with two attached hydrogens (primary N) is 1. The van der Waals surface area contributed by atoms with Gasteiger partial charge in [0.2, 0.25) is 0 Å².